The number of carbonyl (C=O) groups excluding carboxylic acids is 2. The molecule has 1 N–H and O–H groups in total. The van der Waals surface area contributed by atoms with Gasteiger partial charge in [-0.1, -0.05) is 48.5 Å². The molecule has 0 spiro atoms. The molecule has 0 saturated carbocycles. The molecule has 37 heavy (non-hydrogen) atoms. The molecular formula is C29H28N4O4. The van der Waals surface area contributed by atoms with Gasteiger partial charge in [-0.05, 0) is 49.7 Å². The molecule has 8 heteroatoms. The third-order valence-corrected chi connectivity index (χ3v) is 6.38. The zero-order valence-corrected chi connectivity index (χ0v) is 20.8. The molecule has 1 aliphatic rings. The number of fused-ring (bicyclic) bond motifs is 1. The number of para-hydroxylation sites is 1. The van der Waals surface area contributed by atoms with Crippen molar-refractivity contribution in [1.82, 2.24) is 20.0 Å². The zero-order chi connectivity index (χ0) is 25.9. The van der Waals surface area contributed by atoms with Gasteiger partial charge in [0.25, 0.3) is 17.4 Å². The lowest BCUT2D eigenvalue weighted by atomic mass is 10.1. The van der Waals surface area contributed by atoms with Crippen molar-refractivity contribution in [3.05, 3.63) is 106 Å². The summed E-state index contributed by atoms with van der Waals surface area (Å²) in [5, 5.41) is 8.23. The Bertz CT molecular complexity index is 1490. The molecule has 0 bridgehead atoms. The summed E-state index contributed by atoms with van der Waals surface area (Å²) in [4.78, 5) is 41.0. The molecule has 1 aliphatic heterocycles. The number of nitrogens with zero attached hydrogens (tertiary/aromatic N) is 3. The molecule has 1 saturated heterocycles. The Morgan fingerprint density at radius 1 is 0.892 bits per heavy atom. The lowest BCUT2D eigenvalue weighted by molar-refractivity contribution is -0.0586. The number of morpholine rings is 1. The Labute approximate surface area is 214 Å². The molecule has 2 atom stereocenters. The van der Waals surface area contributed by atoms with Crippen LogP contribution in [0.25, 0.3) is 16.5 Å². The molecule has 3 aromatic carbocycles. The first-order chi connectivity index (χ1) is 17.9. The van der Waals surface area contributed by atoms with E-state index in [1.165, 1.54) is 4.68 Å². The molecular weight excluding hydrogens is 468 g/mol. The standard InChI is InChI=1S/C29H28N4O4/c1-19-17-32(18-20(2)37-19)28(35)22-14-12-21(13-15-22)16-30-27(34)26-24-10-6-7-11-25(24)29(36)33(31-26)23-8-4-3-5-9-23/h3-15,19-20H,16-18H2,1-2H3,(H,30,34). The number of hydrogen-bond donors (Lipinski definition) is 1. The van der Waals surface area contributed by atoms with Gasteiger partial charge < -0.3 is 15.0 Å². The second kappa shape index (κ2) is 10.4. The van der Waals surface area contributed by atoms with E-state index in [1.807, 2.05) is 49.1 Å². The van der Waals surface area contributed by atoms with Gasteiger partial charge in [0.05, 0.1) is 23.3 Å². The molecule has 1 aromatic heterocycles. The highest BCUT2D eigenvalue weighted by atomic mass is 16.5. The Morgan fingerprint density at radius 2 is 1.51 bits per heavy atom. The molecule has 4 aromatic rings. The zero-order valence-electron chi connectivity index (χ0n) is 20.8. The Hall–Kier alpha value is -4.30. The molecule has 0 aliphatic carbocycles. The molecule has 2 amide bonds. The van der Waals surface area contributed by atoms with Gasteiger partial charge in [-0.15, -0.1) is 0 Å². The van der Waals surface area contributed by atoms with E-state index in [0.29, 0.717) is 35.1 Å². The summed E-state index contributed by atoms with van der Waals surface area (Å²) < 4.78 is 6.98. The minimum atomic E-state index is -0.391. The van der Waals surface area contributed by atoms with Crippen molar-refractivity contribution in [3.63, 3.8) is 0 Å². The molecule has 8 nitrogen and oxygen atoms in total. The number of amides is 2. The summed E-state index contributed by atoms with van der Waals surface area (Å²) in [6, 6.07) is 23.2. The van der Waals surface area contributed by atoms with Crippen LogP contribution in [-0.2, 0) is 11.3 Å². The van der Waals surface area contributed by atoms with E-state index >= 15 is 0 Å². The van der Waals surface area contributed by atoms with Gasteiger partial charge in [-0.3, -0.25) is 14.4 Å². The smallest absolute Gasteiger partial charge is 0.279 e. The Balaban J connectivity index is 1.34. The first kappa shape index (κ1) is 24.4. The molecule has 1 fully saturated rings. The fourth-order valence-corrected chi connectivity index (χ4v) is 4.66. The quantitative estimate of drug-likeness (QED) is 0.456. The lowest BCUT2D eigenvalue weighted by Crippen LogP contribution is -2.48. The van der Waals surface area contributed by atoms with E-state index in [-0.39, 0.29) is 35.9 Å². The van der Waals surface area contributed by atoms with Gasteiger partial charge in [0, 0.05) is 30.6 Å². The average molecular weight is 497 g/mol. The van der Waals surface area contributed by atoms with Gasteiger partial charge in [0.2, 0.25) is 0 Å². The maximum Gasteiger partial charge on any atom is 0.279 e. The van der Waals surface area contributed by atoms with Crippen molar-refractivity contribution in [2.24, 2.45) is 0 Å². The number of aromatic nitrogens is 2. The lowest BCUT2D eigenvalue weighted by Gasteiger charge is -2.35. The van der Waals surface area contributed by atoms with E-state index in [1.54, 1.807) is 48.5 Å². The van der Waals surface area contributed by atoms with Crippen molar-refractivity contribution in [1.29, 1.82) is 0 Å². The maximum atomic E-state index is 13.2. The Kier molecular flexibility index (Phi) is 6.83. The number of benzene rings is 3. The minimum Gasteiger partial charge on any atom is -0.372 e. The van der Waals surface area contributed by atoms with E-state index in [4.69, 9.17) is 4.74 Å². The van der Waals surface area contributed by atoms with Crippen molar-refractivity contribution >= 4 is 22.6 Å². The normalized spacial score (nSPS) is 17.5. The van der Waals surface area contributed by atoms with Crippen LogP contribution >= 0.6 is 0 Å². The van der Waals surface area contributed by atoms with Crippen molar-refractivity contribution < 1.29 is 14.3 Å². The molecule has 2 unspecified atom stereocenters. The largest absolute Gasteiger partial charge is 0.372 e. The van der Waals surface area contributed by atoms with E-state index in [9.17, 15) is 14.4 Å². The SMILES string of the molecule is CC1CN(C(=O)c2ccc(CNC(=O)c3nn(-c4ccccc4)c(=O)c4ccccc34)cc2)CC(C)O1. The fourth-order valence-electron chi connectivity index (χ4n) is 4.66. The highest BCUT2D eigenvalue weighted by molar-refractivity contribution is 6.04. The van der Waals surface area contributed by atoms with E-state index in [0.717, 1.165) is 5.56 Å². The molecule has 5 rings (SSSR count). The number of rotatable bonds is 5. The molecule has 0 radical (unpaired) electrons. The number of hydrogen-bond acceptors (Lipinski definition) is 5. The van der Waals surface area contributed by atoms with Crippen LogP contribution < -0.4 is 10.9 Å². The topological polar surface area (TPSA) is 93.5 Å². The third-order valence-electron chi connectivity index (χ3n) is 6.38. The molecule has 188 valence electrons. The van der Waals surface area contributed by atoms with Gasteiger partial charge in [0.1, 0.15) is 0 Å². The second-order valence-electron chi connectivity index (χ2n) is 9.29. The second-order valence-corrected chi connectivity index (χ2v) is 9.29. The van der Waals surface area contributed by atoms with Gasteiger partial charge in [-0.2, -0.15) is 9.78 Å². The van der Waals surface area contributed by atoms with Crippen LogP contribution in [0.5, 0.6) is 0 Å². The average Bonchev–Trinajstić information content (AvgIpc) is 2.92. The monoisotopic (exact) mass is 496 g/mol. The van der Waals surface area contributed by atoms with Crippen molar-refractivity contribution in [2.75, 3.05) is 13.1 Å². The van der Waals surface area contributed by atoms with Crippen molar-refractivity contribution in [2.45, 2.75) is 32.6 Å². The summed E-state index contributed by atoms with van der Waals surface area (Å²) in [6.45, 7) is 5.30. The highest BCUT2D eigenvalue weighted by Gasteiger charge is 2.26. The van der Waals surface area contributed by atoms with Crippen LogP contribution in [0.1, 0.15) is 40.3 Å². The minimum absolute atomic E-state index is 0.00289. The van der Waals surface area contributed by atoms with Crippen LogP contribution in [0.3, 0.4) is 0 Å². The van der Waals surface area contributed by atoms with Crippen LogP contribution in [0.15, 0.2) is 83.7 Å². The van der Waals surface area contributed by atoms with Crippen LogP contribution in [0.2, 0.25) is 0 Å². The van der Waals surface area contributed by atoms with Crippen LogP contribution in [0, 0.1) is 0 Å². The summed E-state index contributed by atoms with van der Waals surface area (Å²) in [5.74, 6) is -0.422. The summed E-state index contributed by atoms with van der Waals surface area (Å²) >= 11 is 0. The maximum absolute atomic E-state index is 13.2. The van der Waals surface area contributed by atoms with Crippen LogP contribution in [0.4, 0.5) is 0 Å². The first-order valence-corrected chi connectivity index (χ1v) is 12.3. The third kappa shape index (κ3) is 5.15. The number of nitrogens with one attached hydrogen (secondary N) is 1. The summed E-state index contributed by atoms with van der Waals surface area (Å²) in [6.07, 6.45) is 0.00579. The molecule has 2 heterocycles. The van der Waals surface area contributed by atoms with Gasteiger partial charge in [0.15, 0.2) is 5.69 Å². The first-order valence-electron chi connectivity index (χ1n) is 12.3. The van der Waals surface area contributed by atoms with Gasteiger partial charge in [-0.25, -0.2) is 0 Å². The number of carbonyl (C=O) groups is 2. The van der Waals surface area contributed by atoms with E-state index < -0.39 is 5.91 Å². The summed E-state index contributed by atoms with van der Waals surface area (Å²) in [7, 11) is 0. The fraction of sp³-hybridized carbons (Fsp3) is 0.241. The highest BCUT2D eigenvalue weighted by Crippen LogP contribution is 2.17. The van der Waals surface area contributed by atoms with E-state index in [2.05, 4.69) is 10.4 Å². The Morgan fingerprint density at radius 3 is 2.19 bits per heavy atom. The van der Waals surface area contributed by atoms with Gasteiger partial charge >= 0.3 is 0 Å². The number of ether oxygens (including phenoxy) is 1. The predicted molar refractivity (Wildman–Crippen MR) is 141 cm³/mol. The summed E-state index contributed by atoms with van der Waals surface area (Å²) in [5.41, 5.74) is 1.90. The van der Waals surface area contributed by atoms with Crippen LogP contribution in [-0.4, -0.2) is 51.8 Å². The predicted octanol–water partition coefficient (Wildman–Crippen LogP) is 3.57. The van der Waals surface area contributed by atoms with Crippen molar-refractivity contribution in [3.8, 4) is 5.69 Å².